The number of fused-ring (bicyclic) bond motifs is 1. The van der Waals surface area contributed by atoms with Crippen LogP contribution in [-0.2, 0) is 19.1 Å². The molecular weight excluding hydrogens is 422 g/mol. The molecule has 0 saturated carbocycles. The number of para-hydroxylation sites is 1. The summed E-state index contributed by atoms with van der Waals surface area (Å²) in [4.78, 5) is 42.2. The van der Waals surface area contributed by atoms with Crippen molar-refractivity contribution in [3.63, 3.8) is 0 Å². The summed E-state index contributed by atoms with van der Waals surface area (Å²) < 4.78 is 6.67. The molecule has 4 rings (SSSR count). The van der Waals surface area contributed by atoms with Crippen LogP contribution in [0.2, 0.25) is 0 Å². The van der Waals surface area contributed by atoms with Gasteiger partial charge in [-0.05, 0) is 44.2 Å². The Hall–Kier alpha value is -2.45. The molecule has 8 nitrogen and oxygen atoms in total. The molecule has 3 fully saturated rings. The van der Waals surface area contributed by atoms with Crippen LogP contribution in [0.1, 0.15) is 52.4 Å². The third-order valence-corrected chi connectivity index (χ3v) is 7.64. The summed E-state index contributed by atoms with van der Waals surface area (Å²) in [5.41, 5.74) is -1.11. The first-order chi connectivity index (χ1) is 15.9. The van der Waals surface area contributed by atoms with Gasteiger partial charge in [0.25, 0.3) is 0 Å². The first kappa shape index (κ1) is 23.7. The SMILES string of the molecule is CCCCNC(=O)C1N(CCCO)C(=O)[C@@H]2[C@@H](C(=O)Nc3ccccc3)[C@@]3(CC)CCC12O3. The van der Waals surface area contributed by atoms with Crippen molar-refractivity contribution in [3.8, 4) is 0 Å². The van der Waals surface area contributed by atoms with Crippen molar-refractivity contribution in [2.45, 2.75) is 69.6 Å². The molecule has 3 N–H and O–H groups in total. The Bertz CT molecular complexity index is 893. The smallest absolute Gasteiger partial charge is 0.245 e. The van der Waals surface area contributed by atoms with Crippen LogP contribution in [-0.4, -0.2) is 64.7 Å². The Balaban J connectivity index is 1.69. The number of nitrogens with one attached hydrogen (secondary N) is 2. The number of carbonyl (C=O) groups excluding carboxylic acids is 3. The predicted octanol–water partition coefficient (Wildman–Crippen LogP) is 2.08. The number of ether oxygens (including phenoxy) is 1. The molecule has 0 aromatic heterocycles. The maximum Gasteiger partial charge on any atom is 0.245 e. The fourth-order valence-corrected chi connectivity index (χ4v) is 6.12. The van der Waals surface area contributed by atoms with Gasteiger partial charge in [0.05, 0.1) is 17.4 Å². The number of nitrogens with zero attached hydrogens (tertiary/aromatic N) is 1. The van der Waals surface area contributed by atoms with Crippen LogP contribution < -0.4 is 10.6 Å². The number of benzene rings is 1. The van der Waals surface area contributed by atoms with Gasteiger partial charge in [-0.25, -0.2) is 0 Å². The van der Waals surface area contributed by atoms with E-state index >= 15 is 0 Å². The highest BCUT2D eigenvalue weighted by Crippen LogP contribution is 2.64. The largest absolute Gasteiger partial charge is 0.396 e. The third kappa shape index (κ3) is 3.83. The number of amides is 3. The number of anilines is 1. The van der Waals surface area contributed by atoms with Gasteiger partial charge in [0, 0.05) is 25.4 Å². The normalized spacial score (nSPS) is 32.2. The molecule has 2 unspecified atom stereocenters. The summed E-state index contributed by atoms with van der Waals surface area (Å²) in [5.74, 6) is -2.07. The highest BCUT2D eigenvalue weighted by molar-refractivity contribution is 6.02. The fourth-order valence-electron chi connectivity index (χ4n) is 6.12. The van der Waals surface area contributed by atoms with Gasteiger partial charge >= 0.3 is 0 Å². The topological polar surface area (TPSA) is 108 Å². The zero-order chi connectivity index (χ0) is 23.6. The van der Waals surface area contributed by atoms with Crippen LogP contribution in [0, 0.1) is 11.8 Å². The number of hydrogen-bond donors (Lipinski definition) is 3. The number of hydrogen-bond acceptors (Lipinski definition) is 5. The molecule has 3 saturated heterocycles. The minimum absolute atomic E-state index is 0.0801. The summed E-state index contributed by atoms with van der Waals surface area (Å²) in [6.45, 7) is 4.74. The average molecular weight is 458 g/mol. The van der Waals surface area contributed by atoms with E-state index in [0.29, 0.717) is 37.9 Å². The number of rotatable bonds is 10. The third-order valence-electron chi connectivity index (χ3n) is 7.64. The zero-order valence-electron chi connectivity index (χ0n) is 19.5. The molecular formula is C25H35N3O5. The number of carbonyl (C=O) groups is 3. The fraction of sp³-hybridized carbons (Fsp3) is 0.640. The van der Waals surface area contributed by atoms with Crippen molar-refractivity contribution in [3.05, 3.63) is 30.3 Å². The summed E-state index contributed by atoms with van der Waals surface area (Å²) in [7, 11) is 0. The minimum atomic E-state index is -1.02. The first-order valence-electron chi connectivity index (χ1n) is 12.2. The summed E-state index contributed by atoms with van der Waals surface area (Å²) in [6.07, 6.45) is 3.95. The van der Waals surface area contributed by atoms with Gasteiger partial charge in [-0.3, -0.25) is 14.4 Å². The van der Waals surface area contributed by atoms with Crippen molar-refractivity contribution in [1.82, 2.24) is 10.2 Å². The molecule has 3 amide bonds. The maximum atomic E-state index is 13.8. The van der Waals surface area contributed by atoms with E-state index < -0.39 is 29.1 Å². The second kappa shape index (κ2) is 9.43. The van der Waals surface area contributed by atoms with E-state index in [-0.39, 0.29) is 30.9 Å². The van der Waals surface area contributed by atoms with Gasteiger partial charge in [0.15, 0.2) is 0 Å². The van der Waals surface area contributed by atoms with Gasteiger partial charge in [-0.1, -0.05) is 38.5 Å². The van der Waals surface area contributed by atoms with Crippen LogP contribution in [0.15, 0.2) is 30.3 Å². The molecule has 2 bridgehead atoms. The number of unbranched alkanes of at least 4 members (excludes halogenated alkanes) is 1. The molecule has 8 heteroatoms. The second-order valence-corrected chi connectivity index (χ2v) is 9.44. The van der Waals surface area contributed by atoms with Crippen LogP contribution in [0.4, 0.5) is 5.69 Å². The number of aliphatic hydroxyl groups excluding tert-OH is 1. The Morgan fingerprint density at radius 2 is 1.91 bits per heavy atom. The van der Waals surface area contributed by atoms with Crippen molar-refractivity contribution in [1.29, 1.82) is 0 Å². The minimum Gasteiger partial charge on any atom is -0.396 e. The van der Waals surface area contributed by atoms with E-state index in [0.717, 1.165) is 12.8 Å². The lowest BCUT2D eigenvalue weighted by molar-refractivity contribution is -0.146. The van der Waals surface area contributed by atoms with E-state index in [1.54, 1.807) is 4.90 Å². The molecule has 0 aliphatic carbocycles. The van der Waals surface area contributed by atoms with E-state index in [2.05, 4.69) is 17.6 Å². The Kier molecular flexibility index (Phi) is 6.77. The summed E-state index contributed by atoms with van der Waals surface area (Å²) >= 11 is 0. The first-order valence-corrected chi connectivity index (χ1v) is 12.2. The van der Waals surface area contributed by atoms with Crippen molar-refractivity contribution < 1.29 is 24.2 Å². The zero-order valence-corrected chi connectivity index (χ0v) is 19.5. The van der Waals surface area contributed by atoms with E-state index in [9.17, 15) is 19.5 Å². The lowest BCUT2D eigenvalue weighted by atomic mass is 9.65. The van der Waals surface area contributed by atoms with Crippen molar-refractivity contribution in [2.75, 3.05) is 25.0 Å². The molecule has 1 aromatic carbocycles. The molecule has 0 radical (unpaired) electrons. The van der Waals surface area contributed by atoms with Crippen LogP contribution in [0.5, 0.6) is 0 Å². The lowest BCUT2D eigenvalue weighted by Gasteiger charge is -2.34. The van der Waals surface area contributed by atoms with Gasteiger partial charge in [-0.15, -0.1) is 0 Å². The molecule has 5 atom stereocenters. The predicted molar refractivity (Wildman–Crippen MR) is 123 cm³/mol. The van der Waals surface area contributed by atoms with Crippen molar-refractivity contribution >= 4 is 23.4 Å². The second-order valence-electron chi connectivity index (χ2n) is 9.44. The van der Waals surface area contributed by atoms with Gasteiger partial charge in [0.2, 0.25) is 17.7 Å². The van der Waals surface area contributed by atoms with Gasteiger partial charge < -0.3 is 25.4 Å². The van der Waals surface area contributed by atoms with E-state index in [4.69, 9.17) is 4.74 Å². The molecule has 3 aliphatic heterocycles. The lowest BCUT2D eigenvalue weighted by Crippen LogP contribution is -2.55. The molecule has 33 heavy (non-hydrogen) atoms. The van der Waals surface area contributed by atoms with Gasteiger partial charge in [-0.2, -0.15) is 0 Å². The quantitative estimate of drug-likeness (QED) is 0.466. The summed E-state index contributed by atoms with van der Waals surface area (Å²) in [5, 5.41) is 15.3. The van der Waals surface area contributed by atoms with Gasteiger partial charge in [0.1, 0.15) is 11.6 Å². The van der Waals surface area contributed by atoms with Crippen LogP contribution >= 0.6 is 0 Å². The highest BCUT2D eigenvalue weighted by atomic mass is 16.5. The maximum absolute atomic E-state index is 13.8. The molecule has 3 heterocycles. The highest BCUT2D eigenvalue weighted by Gasteiger charge is 2.78. The Morgan fingerprint density at radius 1 is 1.15 bits per heavy atom. The monoisotopic (exact) mass is 457 g/mol. The molecule has 1 aromatic rings. The van der Waals surface area contributed by atoms with Crippen molar-refractivity contribution in [2.24, 2.45) is 11.8 Å². The molecule has 180 valence electrons. The number of aliphatic hydroxyl groups is 1. The Labute approximate surface area is 195 Å². The Morgan fingerprint density at radius 3 is 2.58 bits per heavy atom. The van der Waals surface area contributed by atoms with Crippen LogP contribution in [0.3, 0.4) is 0 Å². The van der Waals surface area contributed by atoms with Crippen LogP contribution in [0.25, 0.3) is 0 Å². The molecule has 3 aliphatic rings. The average Bonchev–Trinajstić information content (AvgIpc) is 3.42. The van der Waals surface area contributed by atoms with E-state index in [1.807, 2.05) is 37.3 Å². The molecule has 1 spiro atoms. The number of likely N-dealkylation sites (tertiary alicyclic amines) is 1. The van der Waals surface area contributed by atoms with E-state index in [1.165, 1.54) is 0 Å². The standard InChI is InChI=1S/C25H35N3O5/c1-3-5-14-26-22(31)20-25-13-12-24(4-2,33-25)18(19(25)23(32)28(20)15-9-16-29)21(30)27-17-10-7-6-8-11-17/h6-8,10-11,18-20,29H,3-5,9,12-16H2,1-2H3,(H,26,31)(H,27,30)/t18-,19-,20?,24+,25?/m0/s1. The summed E-state index contributed by atoms with van der Waals surface area (Å²) in [6, 6.07) is 8.40.